The maximum Gasteiger partial charge on any atom is 0.232 e. The van der Waals surface area contributed by atoms with Crippen LogP contribution in [0.3, 0.4) is 0 Å². The highest BCUT2D eigenvalue weighted by atomic mass is 32.2. The van der Waals surface area contributed by atoms with Crippen LogP contribution in [-0.2, 0) is 16.4 Å². The Bertz CT molecular complexity index is 1220. The summed E-state index contributed by atoms with van der Waals surface area (Å²) in [4.78, 5) is 12.7. The van der Waals surface area contributed by atoms with Crippen molar-refractivity contribution in [1.82, 2.24) is 10.2 Å². The molecule has 4 rings (SSSR count). The number of aromatic nitrogens is 2. The lowest BCUT2D eigenvalue weighted by Gasteiger charge is -2.29. The fourth-order valence-electron chi connectivity index (χ4n) is 3.46. The van der Waals surface area contributed by atoms with Gasteiger partial charge in [-0.25, -0.2) is 8.42 Å². The van der Waals surface area contributed by atoms with E-state index in [9.17, 15) is 13.2 Å². The first kappa shape index (κ1) is 21.8. The number of thioether (sulfide) groups is 1. The van der Waals surface area contributed by atoms with E-state index in [0.29, 0.717) is 27.3 Å². The van der Waals surface area contributed by atoms with Crippen molar-refractivity contribution >= 4 is 55.4 Å². The first-order valence-corrected chi connectivity index (χ1v) is 13.4. The van der Waals surface area contributed by atoms with Gasteiger partial charge in [-0.05, 0) is 61.2 Å². The van der Waals surface area contributed by atoms with E-state index in [1.807, 2.05) is 37.3 Å². The number of hydrogen-bond acceptors (Lipinski definition) is 8. The molecular weight excluding hydrogens is 452 g/mol. The number of nitrogens with zero attached hydrogens (tertiary/aromatic N) is 3. The highest BCUT2D eigenvalue weighted by molar-refractivity contribution is 8.01. The molecule has 7 nitrogen and oxygen atoms in total. The number of hydrogen-bond donors (Lipinski definition) is 1. The third-order valence-corrected chi connectivity index (χ3v) is 8.03. The SMILES string of the molecule is Cc1cccc(Nc2nnc(SCC(=O)c3ccc4c(c3)CCCN4S(C)(=O)=O)s2)c1. The van der Waals surface area contributed by atoms with Gasteiger partial charge in [-0.1, -0.05) is 35.2 Å². The van der Waals surface area contributed by atoms with Gasteiger partial charge >= 0.3 is 0 Å². The molecule has 0 atom stereocenters. The molecular formula is C21H22N4O3S3. The minimum Gasteiger partial charge on any atom is -0.330 e. The van der Waals surface area contributed by atoms with Crippen LogP contribution in [0.5, 0.6) is 0 Å². The van der Waals surface area contributed by atoms with Crippen LogP contribution in [0.25, 0.3) is 0 Å². The van der Waals surface area contributed by atoms with Crippen LogP contribution < -0.4 is 9.62 Å². The smallest absolute Gasteiger partial charge is 0.232 e. The average Bonchev–Trinajstić information content (AvgIpc) is 3.17. The second kappa shape index (κ2) is 8.97. The van der Waals surface area contributed by atoms with Gasteiger partial charge in [0.1, 0.15) is 0 Å². The number of ketones is 1. The van der Waals surface area contributed by atoms with E-state index < -0.39 is 10.0 Å². The van der Waals surface area contributed by atoms with E-state index >= 15 is 0 Å². The third-order valence-electron chi connectivity index (χ3n) is 4.88. The summed E-state index contributed by atoms with van der Waals surface area (Å²) in [5.74, 6) is 0.223. The Labute approximate surface area is 189 Å². The van der Waals surface area contributed by atoms with Crippen LogP contribution in [0.2, 0.25) is 0 Å². The number of sulfonamides is 1. The summed E-state index contributed by atoms with van der Waals surface area (Å²) in [5.41, 5.74) is 4.26. The summed E-state index contributed by atoms with van der Waals surface area (Å²) < 4.78 is 26.1. The highest BCUT2D eigenvalue weighted by Gasteiger charge is 2.24. The zero-order chi connectivity index (χ0) is 22.0. The van der Waals surface area contributed by atoms with Crippen LogP contribution in [-0.4, -0.2) is 43.0 Å². The summed E-state index contributed by atoms with van der Waals surface area (Å²) in [7, 11) is -3.32. The van der Waals surface area contributed by atoms with Crippen molar-refractivity contribution in [3.63, 3.8) is 0 Å². The number of aryl methyl sites for hydroxylation is 2. The summed E-state index contributed by atoms with van der Waals surface area (Å²) in [6.07, 6.45) is 2.72. The number of carbonyl (C=O) groups excluding carboxylic acids is 1. The van der Waals surface area contributed by atoms with E-state index in [0.717, 1.165) is 29.7 Å². The van der Waals surface area contributed by atoms with Gasteiger partial charge in [0, 0.05) is 17.8 Å². The fourth-order valence-corrected chi connectivity index (χ4v) is 6.12. The van der Waals surface area contributed by atoms with Crippen LogP contribution in [0.4, 0.5) is 16.5 Å². The van der Waals surface area contributed by atoms with E-state index in [-0.39, 0.29) is 11.5 Å². The largest absolute Gasteiger partial charge is 0.330 e. The average molecular weight is 475 g/mol. The number of nitrogens with one attached hydrogen (secondary N) is 1. The fraction of sp³-hybridized carbons (Fsp3) is 0.286. The minimum atomic E-state index is -3.32. The Kier molecular flexibility index (Phi) is 6.31. The monoisotopic (exact) mass is 474 g/mol. The van der Waals surface area contributed by atoms with Gasteiger partial charge in [0.15, 0.2) is 10.1 Å². The minimum absolute atomic E-state index is 0.0207. The molecule has 10 heteroatoms. The molecule has 1 aromatic heterocycles. The lowest BCUT2D eigenvalue weighted by molar-refractivity contribution is 0.102. The molecule has 0 radical (unpaired) electrons. The van der Waals surface area contributed by atoms with Crippen LogP contribution in [0.1, 0.15) is 27.9 Å². The molecule has 31 heavy (non-hydrogen) atoms. The number of anilines is 3. The zero-order valence-electron chi connectivity index (χ0n) is 17.2. The van der Waals surface area contributed by atoms with Crippen molar-refractivity contribution in [1.29, 1.82) is 0 Å². The summed E-state index contributed by atoms with van der Waals surface area (Å²) >= 11 is 2.75. The lowest BCUT2D eigenvalue weighted by atomic mass is 9.99. The molecule has 1 aliphatic rings. The van der Waals surface area contributed by atoms with Crippen molar-refractivity contribution in [2.45, 2.75) is 24.1 Å². The van der Waals surface area contributed by atoms with Crippen molar-refractivity contribution < 1.29 is 13.2 Å². The highest BCUT2D eigenvalue weighted by Crippen LogP contribution is 2.31. The van der Waals surface area contributed by atoms with Gasteiger partial charge in [0.25, 0.3) is 0 Å². The van der Waals surface area contributed by atoms with Gasteiger partial charge in [-0.2, -0.15) is 0 Å². The predicted octanol–water partition coefficient (Wildman–Crippen LogP) is 4.28. The van der Waals surface area contributed by atoms with Crippen molar-refractivity contribution in [3.05, 3.63) is 59.2 Å². The molecule has 0 saturated carbocycles. The Morgan fingerprint density at radius 1 is 1.23 bits per heavy atom. The topological polar surface area (TPSA) is 92.3 Å². The molecule has 0 bridgehead atoms. The Morgan fingerprint density at radius 3 is 2.84 bits per heavy atom. The van der Waals surface area contributed by atoms with Crippen LogP contribution in [0, 0.1) is 6.92 Å². The van der Waals surface area contributed by atoms with E-state index in [2.05, 4.69) is 15.5 Å². The number of carbonyl (C=O) groups is 1. The maximum absolute atomic E-state index is 12.7. The molecule has 0 fully saturated rings. The second-order valence-corrected chi connectivity index (χ2v) is 11.5. The normalized spacial score (nSPS) is 13.7. The number of rotatable bonds is 7. The number of fused-ring (bicyclic) bond motifs is 1. The van der Waals surface area contributed by atoms with Crippen LogP contribution in [0.15, 0.2) is 46.8 Å². The molecule has 0 spiro atoms. The van der Waals surface area contributed by atoms with Crippen molar-refractivity contribution in [3.8, 4) is 0 Å². The Hall–Kier alpha value is -2.43. The third kappa shape index (κ3) is 5.25. The molecule has 0 amide bonds. The Balaban J connectivity index is 1.40. The molecule has 1 N–H and O–H groups in total. The van der Waals surface area contributed by atoms with E-state index in [4.69, 9.17) is 0 Å². The van der Waals surface area contributed by atoms with Crippen LogP contribution >= 0.6 is 23.1 Å². The molecule has 1 aliphatic heterocycles. The lowest BCUT2D eigenvalue weighted by Crippen LogP contribution is -2.34. The second-order valence-electron chi connectivity index (χ2n) is 7.36. The molecule has 0 unspecified atom stereocenters. The van der Waals surface area contributed by atoms with E-state index in [1.165, 1.54) is 33.7 Å². The van der Waals surface area contributed by atoms with Gasteiger partial charge in [0.2, 0.25) is 15.2 Å². The number of benzene rings is 2. The van der Waals surface area contributed by atoms with Gasteiger partial charge in [0.05, 0.1) is 17.7 Å². The molecule has 2 heterocycles. The zero-order valence-corrected chi connectivity index (χ0v) is 19.6. The molecule has 2 aromatic carbocycles. The first-order valence-electron chi connectivity index (χ1n) is 9.73. The maximum atomic E-state index is 12.7. The summed E-state index contributed by atoms with van der Waals surface area (Å²) in [6.45, 7) is 2.50. The first-order chi connectivity index (χ1) is 14.8. The Morgan fingerprint density at radius 2 is 2.06 bits per heavy atom. The predicted molar refractivity (Wildman–Crippen MR) is 126 cm³/mol. The number of Topliss-reactive ketones (excluding diaryl/α,β-unsaturated/α-hetero) is 1. The van der Waals surface area contributed by atoms with E-state index in [1.54, 1.807) is 12.1 Å². The molecule has 0 aliphatic carbocycles. The van der Waals surface area contributed by atoms with Gasteiger partial charge in [-0.15, -0.1) is 10.2 Å². The van der Waals surface area contributed by atoms with Gasteiger partial charge in [-0.3, -0.25) is 9.10 Å². The summed E-state index contributed by atoms with van der Waals surface area (Å²) in [5, 5.41) is 12.2. The standard InChI is InChI=1S/C21H22N4O3S3/c1-14-5-3-7-17(11-14)22-20-23-24-21(30-20)29-13-19(26)16-8-9-18-15(12-16)6-4-10-25(18)31(2,27)28/h3,5,7-9,11-12H,4,6,10,13H2,1-2H3,(H,22,23). The van der Waals surface area contributed by atoms with Gasteiger partial charge < -0.3 is 5.32 Å². The molecule has 0 saturated heterocycles. The van der Waals surface area contributed by atoms with Crippen molar-refractivity contribution in [2.24, 2.45) is 0 Å². The van der Waals surface area contributed by atoms with Crippen molar-refractivity contribution in [2.75, 3.05) is 28.2 Å². The summed E-state index contributed by atoms with van der Waals surface area (Å²) in [6, 6.07) is 13.3. The quantitative estimate of drug-likeness (QED) is 0.404. The molecule has 3 aromatic rings. The molecule has 162 valence electrons.